The molecule has 1 heterocycles. The number of ether oxygens (including phenoxy) is 1. The van der Waals surface area contributed by atoms with E-state index in [0.717, 1.165) is 16.8 Å². The van der Waals surface area contributed by atoms with Gasteiger partial charge >= 0.3 is 5.97 Å². The van der Waals surface area contributed by atoms with Crippen LogP contribution in [0.15, 0.2) is 30.9 Å². The number of carbonyl (C=O) groups excluding carboxylic acids is 2. The molecule has 4 heteroatoms. The molecule has 0 spiro atoms. The lowest BCUT2D eigenvalue weighted by Gasteiger charge is -2.26. The molecule has 1 amide bonds. The molecule has 1 aliphatic heterocycles. The largest absolute Gasteiger partial charge is 0.465 e. The van der Waals surface area contributed by atoms with Gasteiger partial charge in [-0.25, -0.2) is 0 Å². The second kappa shape index (κ2) is 6.34. The standard InChI is InChI=1S/C18H23NO3/c1-5-10-18(17(21)22-6-2)11-15(20)19(12-18)16-13(3)8-7-9-14(16)4/h5,7-9H,1,6,10-12H2,2-4H3. The fraction of sp³-hybridized carbons (Fsp3) is 0.444. The SMILES string of the molecule is C=CCC1(C(=O)OCC)CC(=O)N(c2c(C)cccc2C)C1. The molecule has 1 aromatic rings. The molecule has 118 valence electrons. The zero-order valence-electron chi connectivity index (χ0n) is 13.5. The highest BCUT2D eigenvalue weighted by Gasteiger charge is 2.50. The molecule has 4 nitrogen and oxygen atoms in total. The first-order chi connectivity index (χ1) is 10.4. The number of anilines is 1. The second-order valence-electron chi connectivity index (χ2n) is 5.89. The third-order valence-corrected chi connectivity index (χ3v) is 4.20. The van der Waals surface area contributed by atoms with Gasteiger partial charge in [-0.2, -0.15) is 0 Å². The van der Waals surface area contributed by atoms with Gasteiger partial charge in [0.1, 0.15) is 0 Å². The van der Waals surface area contributed by atoms with E-state index in [4.69, 9.17) is 4.74 Å². The normalized spacial score (nSPS) is 21.0. The third-order valence-electron chi connectivity index (χ3n) is 4.20. The Balaban J connectivity index is 2.39. The highest BCUT2D eigenvalue weighted by Crippen LogP contribution is 2.40. The molecule has 1 fully saturated rings. The van der Waals surface area contributed by atoms with Crippen molar-refractivity contribution in [1.29, 1.82) is 0 Å². The van der Waals surface area contributed by atoms with Gasteiger partial charge in [-0.3, -0.25) is 9.59 Å². The van der Waals surface area contributed by atoms with E-state index < -0.39 is 5.41 Å². The summed E-state index contributed by atoms with van der Waals surface area (Å²) in [6.07, 6.45) is 2.31. The number of aryl methyl sites for hydroxylation is 2. The van der Waals surface area contributed by atoms with Crippen molar-refractivity contribution < 1.29 is 14.3 Å². The molecule has 1 aliphatic rings. The molecule has 0 aromatic heterocycles. The van der Waals surface area contributed by atoms with Gasteiger partial charge in [0.2, 0.25) is 5.91 Å². The van der Waals surface area contributed by atoms with E-state index >= 15 is 0 Å². The van der Waals surface area contributed by atoms with Crippen molar-refractivity contribution in [3.05, 3.63) is 42.0 Å². The lowest BCUT2D eigenvalue weighted by molar-refractivity contribution is -0.154. The maximum atomic E-state index is 12.6. The molecule has 0 radical (unpaired) electrons. The number of benzene rings is 1. The minimum Gasteiger partial charge on any atom is -0.465 e. The van der Waals surface area contributed by atoms with Gasteiger partial charge in [0.15, 0.2) is 0 Å². The van der Waals surface area contributed by atoms with Crippen molar-refractivity contribution >= 4 is 17.6 Å². The fourth-order valence-electron chi connectivity index (χ4n) is 3.18. The van der Waals surface area contributed by atoms with E-state index in [9.17, 15) is 9.59 Å². The van der Waals surface area contributed by atoms with E-state index in [-0.39, 0.29) is 18.3 Å². The van der Waals surface area contributed by atoms with Crippen LogP contribution < -0.4 is 4.90 Å². The van der Waals surface area contributed by atoms with Crippen molar-refractivity contribution in [2.75, 3.05) is 18.1 Å². The topological polar surface area (TPSA) is 46.6 Å². The Labute approximate surface area is 131 Å². The summed E-state index contributed by atoms with van der Waals surface area (Å²) in [6, 6.07) is 5.93. The predicted octanol–water partition coefficient (Wildman–Crippen LogP) is 3.17. The number of hydrogen-bond acceptors (Lipinski definition) is 3. The Kier molecular flexibility index (Phi) is 4.69. The smallest absolute Gasteiger partial charge is 0.314 e. The molecule has 1 saturated heterocycles. The number of hydrogen-bond donors (Lipinski definition) is 0. The minimum atomic E-state index is -0.816. The Bertz CT molecular complexity index is 588. The van der Waals surface area contributed by atoms with Gasteiger partial charge in [0, 0.05) is 18.7 Å². The van der Waals surface area contributed by atoms with Crippen LogP contribution in [0.3, 0.4) is 0 Å². The molecule has 1 atom stereocenters. The fourth-order valence-corrected chi connectivity index (χ4v) is 3.18. The van der Waals surface area contributed by atoms with Gasteiger partial charge in [0.05, 0.1) is 12.0 Å². The predicted molar refractivity (Wildman–Crippen MR) is 86.8 cm³/mol. The second-order valence-corrected chi connectivity index (χ2v) is 5.89. The van der Waals surface area contributed by atoms with Crippen LogP contribution in [0, 0.1) is 19.3 Å². The Morgan fingerprint density at radius 3 is 2.59 bits per heavy atom. The molecule has 22 heavy (non-hydrogen) atoms. The van der Waals surface area contributed by atoms with Crippen LogP contribution in [-0.2, 0) is 14.3 Å². The van der Waals surface area contributed by atoms with Gasteiger partial charge in [0.25, 0.3) is 0 Å². The first-order valence-electron chi connectivity index (χ1n) is 7.60. The van der Waals surface area contributed by atoms with E-state index in [1.54, 1.807) is 17.9 Å². The van der Waals surface area contributed by atoms with Crippen LogP contribution in [0.2, 0.25) is 0 Å². The maximum Gasteiger partial charge on any atom is 0.314 e. The van der Waals surface area contributed by atoms with Crippen LogP contribution in [0.1, 0.15) is 30.9 Å². The van der Waals surface area contributed by atoms with E-state index in [2.05, 4.69) is 6.58 Å². The molecular formula is C18H23NO3. The minimum absolute atomic E-state index is 0.0349. The number of rotatable bonds is 5. The molecule has 0 saturated carbocycles. The number of nitrogens with zero attached hydrogens (tertiary/aromatic N) is 1. The summed E-state index contributed by atoms with van der Waals surface area (Å²) in [5, 5.41) is 0. The van der Waals surface area contributed by atoms with Crippen molar-refractivity contribution in [2.24, 2.45) is 5.41 Å². The van der Waals surface area contributed by atoms with Crippen LogP contribution in [-0.4, -0.2) is 25.0 Å². The van der Waals surface area contributed by atoms with E-state index in [1.165, 1.54) is 0 Å². The van der Waals surface area contributed by atoms with Crippen molar-refractivity contribution in [2.45, 2.75) is 33.6 Å². The highest BCUT2D eigenvalue weighted by molar-refractivity contribution is 6.02. The lowest BCUT2D eigenvalue weighted by Crippen LogP contribution is -2.36. The molecule has 1 aromatic carbocycles. The zero-order valence-corrected chi connectivity index (χ0v) is 13.5. The molecule has 0 bridgehead atoms. The quantitative estimate of drug-likeness (QED) is 0.620. The first-order valence-corrected chi connectivity index (χ1v) is 7.60. The van der Waals surface area contributed by atoms with Gasteiger partial charge < -0.3 is 9.64 Å². The highest BCUT2D eigenvalue weighted by atomic mass is 16.5. The van der Waals surface area contributed by atoms with Gasteiger partial charge in [-0.15, -0.1) is 6.58 Å². The first kappa shape index (κ1) is 16.3. The average molecular weight is 301 g/mol. The van der Waals surface area contributed by atoms with Crippen molar-refractivity contribution in [3.63, 3.8) is 0 Å². The van der Waals surface area contributed by atoms with Gasteiger partial charge in [-0.05, 0) is 38.3 Å². The Hall–Kier alpha value is -2.10. The number of carbonyl (C=O) groups is 2. The van der Waals surface area contributed by atoms with Crippen LogP contribution >= 0.6 is 0 Å². The van der Waals surface area contributed by atoms with Crippen LogP contribution in [0.5, 0.6) is 0 Å². The van der Waals surface area contributed by atoms with Crippen LogP contribution in [0.25, 0.3) is 0 Å². The molecule has 2 rings (SSSR count). The molecule has 0 N–H and O–H groups in total. The Morgan fingerprint density at radius 1 is 1.41 bits per heavy atom. The third kappa shape index (κ3) is 2.78. The number of esters is 1. The summed E-state index contributed by atoms with van der Waals surface area (Å²) in [4.78, 5) is 26.7. The van der Waals surface area contributed by atoms with Crippen molar-refractivity contribution in [3.8, 4) is 0 Å². The Morgan fingerprint density at radius 2 is 2.05 bits per heavy atom. The van der Waals surface area contributed by atoms with Crippen molar-refractivity contribution in [1.82, 2.24) is 0 Å². The number of allylic oxidation sites excluding steroid dienone is 1. The average Bonchev–Trinajstić information content (AvgIpc) is 2.78. The summed E-state index contributed by atoms with van der Waals surface area (Å²) in [6.45, 7) is 10.1. The summed E-state index contributed by atoms with van der Waals surface area (Å²) >= 11 is 0. The number of amides is 1. The monoisotopic (exact) mass is 301 g/mol. The van der Waals surface area contributed by atoms with E-state index in [1.807, 2.05) is 32.0 Å². The summed E-state index contributed by atoms with van der Waals surface area (Å²) in [7, 11) is 0. The summed E-state index contributed by atoms with van der Waals surface area (Å²) in [5.74, 6) is -0.343. The number of para-hydroxylation sites is 1. The van der Waals surface area contributed by atoms with Crippen LogP contribution in [0.4, 0.5) is 5.69 Å². The zero-order chi connectivity index (χ0) is 16.3. The van der Waals surface area contributed by atoms with Gasteiger partial charge in [-0.1, -0.05) is 24.3 Å². The molecule has 1 unspecified atom stereocenters. The maximum absolute atomic E-state index is 12.6. The van der Waals surface area contributed by atoms with E-state index in [0.29, 0.717) is 19.6 Å². The summed E-state index contributed by atoms with van der Waals surface area (Å²) < 4.78 is 5.21. The summed E-state index contributed by atoms with van der Waals surface area (Å²) in [5.41, 5.74) is 2.16. The molecular weight excluding hydrogens is 278 g/mol. The molecule has 0 aliphatic carbocycles. The lowest BCUT2D eigenvalue weighted by atomic mass is 9.83.